The molecule has 0 aliphatic heterocycles. The SMILES string of the molecule is CN(C)c1cccc(-c2nnc(SC(C3=CCCC=C3)C3C=CC=CC3)n2-c2cccc(C(=O)O)c2)c1. The molecule has 0 saturated carbocycles. The first-order chi connectivity index (χ1) is 18.0. The fourth-order valence-electron chi connectivity index (χ4n) is 4.65. The Kier molecular flexibility index (Phi) is 7.42. The zero-order valence-electron chi connectivity index (χ0n) is 21.0. The second kappa shape index (κ2) is 11.0. The summed E-state index contributed by atoms with van der Waals surface area (Å²) in [5.74, 6) is 0.0366. The maximum Gasteiger partial charge on any atom is 0.335 e. The monoisotopic (exact) mass is 510 g/mol. The van der Waals surface area contributed by atoms with Crippen molar-refractivity contribution in [1.82, 2.24) is 14.8 Å². The van der Waals surface area contributed by atoms with Gasteiger partial charge >= 0.3 is 5.97 Å². The van der Waals surface area contributed by atoms with Gasteiger partial charge in [0.15, 0.2) is 11.0 Å². The predicted octanol–water partition coefficient (Wildman–Crippen LogP) is 6.57. The summed E-state index contributed by atoms with van der Waals surface area (Å²) in [5, 5.41) is 19.9. The van der Waals surface area contributed by atoms with E-state index >= 15 is 0 Å². The van der Waals surface area contributed by atoms with Crippen molar-refractivity contribution in [1.29, 1.82) is 0 Å². The summed E-state index contributed by atoms with van der Waals surface area (Å²) in [6.07, 6.45) is 18.6. The van der Waals surface area contributed by atoms with Crippen LogP contribution in [0.15, 0.2) is 102 Å². The molecule has 5 rings (SSSR count). The fraction of sp³-hybridized carbons (Fsp3) is 0.233. The van der Waals surface area contributed by atoms with Crippen LogP contribution in [0.2, 0.25) is 0 Å². The third kappa shape index (κ3) is 5.47. The minimum Gasteiger partial charge on any atom is -0.478 e. The zero-order valence-corrected chi connectivity index (χ0v) is 21.8. The Bertz CT molecular complexity index is 1420. The summed E-state index contributed by atoms with van der Waals surface area (Å²) in [7, 11) is 4.01. The molecular weight excluding hydrogens is 480 g/mol. The molecule has 0 fully saturated rings. The Balaban J connectivity index is 1.63. The van der Waals surface area contributed by atoms with Crippen LogP contribution < -0.4 is 4.90 Å². The number of aromatic carboxylic acids is 1. The molecule has 1 N–H and O–H groups in total. The molecule has 0 amide bonds. The second-order valence-electron chi connectivity index (χ2n) is 9.38. The zero-order chi connectivity index (χ0) is 25.8. The number of anilines is 1. The van der Waals surface area contributed by atoms with Gasteiger partial charge < -0.3 is 10.0 Å². The molecule has 2 atom stereocenters. The van der Waals surface area contributed by atoms with Crippen LogP contribution in [0.1, 0.15) is 29.6 Å². The van der Waals surface area contributed by atoms with E-state index in [9.17, 15) is 9.90 Å². The Hall–Kier alpha value is -3.84. The molecule has 2 aliphatic rings. The number of carboxylic acids is 1. The van der Waals surface area contributed by atoms with E-state index in [2.05, 4.69) is 58.8 Å². The van der Waals surface area contributed by atoms with Crippen molar-refractivity contribution < 1.29 is 9.90 Å². The molecule has 37 heavy (non-hydrogen) atoms. The molecule has 2 aromatic carbocycles. The van der Waals surface area contributed by atoms with Crippen molar-refractivity contribution in [2.75, 3.05) is 19.0 Å². The quantitative estimate of drug-likeness (QED) is 0.346. The summed E-state index contributed by atoms with van der Waals surface area (Å²) < 4.78 is 1.99. The van der Waals surface area contributed by atoms with Gasteiger partial charge in [0, 0.05) is 30.6 Å². The molecular formula is C30H30N4O2S. The average Bonchev–Trinajstić information content (AvgIpc) is 3.36. The van der Waals surface area contributed by atoms with Gasteiger partial charge in [-0.05, 0) is 61.1 Å². The van der Waals surface area contributed by atoms with Gasteiger partial charge in [0.25, 0.3) is 0 Å². The number of rotatable bonds is 8. The predicted molar refractivity (Wildman–Crippen MR) is 151 cm³/mol. The van der Waals surface area contributed by atoms with Gasteiger partial charge in [-0.15, -0.1) is 10.2 Å². The lowest BCUT2D eigenvalue weighted by atomic mass is 9.90. The van der Waals surface area contributed by atoms with Gasteiger partial charge in [-0.3, -0.25) is 4.57 Å². The van der Waals surface area contributed by atoms with E-state index in [1.165, 1.54) is 5.57 Å². The minimum absolute atomic E-state index is 0.157. The van der Waals surface area contributed by atoms with Crippen molar-refractivity contribution in [2.24, 2.45) is 5.92 Å². The molecule has 188 valence electrons. The third-order valence-electron chi connectivity index (χ3n) is 6.59. The largest absolute Gasteiger partial charge is 0.478 e. The van der Waals surface area contributed by atoms with Crippen LogP contribution in [-0.4, -0.2) is 45.2 Å². The molecule has 2 aliphatic carbocycles. The standard InChI is InChI=1S/C30H30N4O2S/c1-33(2)25-17-9-15-23(19-25)28-31-32-30(34(28)26-18-10-16-24(20-26)29(35)36)37-27(21-11-5-3-6-12-21)22-13-7-4-8-14-22/h3,5-7,9-11,13-21,27H,4,8,12H2,1-2H3,(H,35,36). The first-order valence-electron chi connectivity index (χ1n) is 12.4. The van der Waals surface area contributed by atoms with Crippen molar-refractivity contribution in [2.45, 2.75) is 29.7 Å². The molecule has 0 saturated heterocycles. The average molecular weight is 511 g/mol. The van der Waals surface area contributed by atoms with Gasteiger partial charge in [0.2, 0.25) is 0 Å². The molecule has 0 radical (unpaired) electrons. The smallest absolute Gasteiger partial charge is 0.335 e. The molecule has 3 aromatic rings. The summed E-state index contributed by atoms with van der Waals surface area (Å²) in [4.78, 5) is 13.8. The van der Waals surface area contributed by atoms with E-state index in [-0.39, 0.29) is 10.8 Å². The lowest BCUT2D eigenvalue weighted by Gasteiger charge is -2.27. The first kappa shape index (κ1) is 24.8. The van der Waals surface area contributed by atoms with Gasteiger partial charge in [0.1, 0.15) is 0 Å². The Morgan fingerprint density at radius 2 is 1.95 bits per heavy atom. The Labute approximate surface area is 221 Å². The molecule has 0 bridgehead atoms. The van der Waals surface area contributed by atoms with Crippen molar-refractivity contribution >= 4 is 23.4 Å². The first-order valence-corrected chi connectivity index (χ1v) is 13.3. The highest BCUT2D eigenvalue weighted by molar-refractivity contribution is 8.00. The number of nitrogens with zero attached hydrogens (tertiary/aromatic N) is 4. The molecule has 1 aromatic heterocycles. The number of carboxylic acid groups (broad SMARTS) is 1. The van der Waals surface area contributed by atoms with Gasteiger partial charge in [0.05, 0.1) is 11.3 Å². The summed E-state index contributed by atoms with van der Waals surface area (Å²) in [6.45, 7) is 0. The van der Waals surface area contributed by atoms with Gasteiger partial charge in [-0.1, -0.05) is 72.5 Å². The molecule has 0 spiro atoms. The van der Waals surface area contributed by atoms with Crippen molar-refractivity contribution in [3.05, 3.63) is 102 Å². The van der Waals surface area contributed by atoms with E-state index < -0.39 is 5.97 Å². The topological polar surface area (TPSA) is 71.2 Å². The van der Waals surface area contributed by atoms with E-state index in [4.69, 9.17) is 0 Å². The van der Waals surface area contributed by atoms with Crippen LogP contribution >= 0.6 is 11.8 Å². The van der Waals surface area contributed by atoms with Crippen molar-refractivity contribution in [3.63, 3.8) is 0 Å². The number of aromatic nitrogens is 3. The van der Waals surface area contributed by atoms with E-state index in [1.54, 1.807) is 30.0 Å². The summed E-state index contributed by atoms with van der Waals surface area (Å²) in [6, 6.07) is 15.1. The maximum atomic E-state index is 11.8. The van der Waals surface area contributed by atoms with Gasteiger partial charge in [-0.25, -0.2) is 4.79 Å². The summed E-state index contributed by atoms with van der Waals surface area (Å²) in [5.41, 5.74) is 4.22. The normalized spacial score (nSPS) is 17.5. The van der Waals surface area contributed by atoms with E-state index in [0.717, 1.165) is 41.4 Å². The van der Waals surface area contributed by atoms with Crippen LogP contribution in [0.25, 0.3) is 17.1 Å². The minimum atomic E-state index is -0.963. The van der Waals surface area contributed by atoms with Crippen LogP contribution in [-0.2, 0) is 0 Å². The third-order valence-corrected chi connectivity index (χ3v) is 7.94. The lowest BCUT2D eigenvalue weighted by Crippen LogP contribution is -2.19. The number of hydrogen-bond donors (Lipinski definition) is 1. The highest BCUT2D eigenvalue weighted by atomic mass is 32.2. The number of hydrogen-bond acceptors (Lipinski definition) is 5. The highest BCUT2D eigenvalue weighted by Gasteiger charge is 2.28. The number of allylic oxidation sites excluding steroid dienone is 7. The number of carbonyl (C=O) groups is 1. The fourth-order valence-corrected chi connectivity index (χ4v) is 5.95. The molecule has 1 heterocycles. The molecule has 7 heteroatoms. The number of benzene rings is 2. The van der Waals surface area contributed by atoms with Crippen LogP contribution in [0, 0.1) is 5.92 Å². The highest BCUT2D eigenvalue weighted by Crippen LogP contribution is 2.40. The Morgan fingerprint density at radius 3 is 2.68 bits per heavy atom. The van der Waals surface area contributed by atoms with Crippen LogP contribution in [0.5, 0.6) is 0 Å². The van der Waals surface area contributed by atoms with Crippen molar-refractivity contribution in [3.8, 4) is 17.1 Å². The number of thioether (sulfide) groups is 1. The van der Waals surface area contributed by atoms with E-state index in [1.807, 2.05) is 47.8 Å². The second-order valence-corrected chi connectivity index (χ2v) is 10.5. The van der Waals surface area contributed by atoms with Crippen LogP contribution in [0.4, 0.5) is 5.69 Å². The Morgan fingerprint density at radius 1 is 1.08 bits per heavy atom. The molecule has 2 unspecified atom stereocenters. The summed E-state index contributed by atoms with van der Waals surface area (Å²) >= 11 is 1.69. The molecule has 6 nitrogen and oxygen atoms in total. The van der Waals surface area contributed by atoms with Gasteiger partial charge in [-0.2, -0.15) is 0 Å². The lowest BCUT2D eigenvalue weighted by molar-refractivity contribution is 0.0697. The van der Waals surface area contributed by atoms with E-state index in [0.29, 0.717) is 11.7 Å². The maximum absolute atomic E-state index is 11.8. The van der Waals surface area contributed by atoms with Crippen LogP contribution in [0.3, 0.4) is 0 Å².